The van der Waals surface area contributed by atoms with Crippen molar-refractivity contribution in [2.24, 2.45) is 0 Å². The predicted molar refractivity (Wildman–Crippen MR) is 107 cm³/mol. The summed E-state index contributed by atoms with van der Waals surface area (Å²) in [5, 5.41) is 2.73. The van der Waals surface area contributed by atoms with E-state index in [1.54, 1.807) is 17.8 Å². The van der Waals surface area contributed by atoms with E-state index in [0.29, 0.717) is 17.9 Å². The van der Waals surface area contributed by atoms with Crippen LogP contribution in [0.1, 0.15) is 43.1 Å². The third kappa shape index (κ3) is 6.23. The fourth-order valence-corrected chi connectivity index (χ4v) is 3.38. The number of amides is 1. The Bertz CT molecular complexity index is 789. The van der Waals surface area contributed by atoms with Gasteiger partial charge in [0, 0.05) is 23.3 Å². The molecular weight excluding hydrogens is 346 g/mol. The van der Waals surface area contributed by atoms with Crippen molar-refractivity contribution in [2.75, 3.05) is 11.1 Å². The highest BCUT2D eigenvalue weighted by atomic mass is 32.2. The van der Waals surface area contributed by atoms with Crippen LogP contribution in [0, 0.1) is 13.8 Å². The smallest absolute Gasteiger partial charge is 0.307 e. The maximum absolute atomic E-state index is 12.1. The number of esters is 1. The maximum Gasteiger partial charge on any atom is 0.307 e. The molecule has 0 aliphatic carbocycles. The number of anilines is 1. The van der Waals surface area contributed by atoms with Crippen LogP contribution in [0.3, 0.4) is 0 Å². The van der Waals surface area contributed by atoms with Gasteiger partial charge in [-0.2, -0.15) is 0 Å². The first-order valence-electron chi connectivity index (χ1n) is 8.62. The van der Waals surface area contributed by atoms with Gasteiger partial charge < -0.3 is 10.1 Å². The van der Waals surface area contributed by atoms with Gasteiger partial charge in [-0.05, 0) is 61.7 Å². The summed E-state index contributed by atoms with van der Waals surface area (Å²) in [4.78, 5) is 24.4. The molecule has 138 valence electrons. The Labute approximate surface area is 159 Å². The normalized spacial score (nSPS) is 11.7. The highest BCUT2D eigenvalue weighted by Crippen LogP contribution is 2.24. The molecule has 5 heteroatoms. The molecule has 0 saturated heterocycles. The van der Waals surface area contributed by atoms with E-state index < -0.39 is 0 Å². The van der Waals surface area contributed by atoms with Crippen molar-refractivity contribution >= 4 is 29.3 Å². The zero-order valence-corrected chi connectivity index (χ0v) is 16.5. The third-order valence-electron chi connectivity index (χ3n) is 4.04. The van der Waals surface area contributed by atoms with Crippen molar-refractivity contribution in [2.45, 2.75) is 45.1 Å². The quantitative estimate of drug-likeness (QED) is 0.547. The second-order valence-corrected chi connectivity index (χ2v) is 7.45. The van der Waals surface area contributed by atoms with Crippen molar-refractivity contribution in [3.8, 4) is 0 Å². The zero-order chi connectivity index (χ0) is 19.1. The van der Waals surface area contributed by atoms with E-state index in [4.69, 9.17) is 4.74 Å². The summed E-state index contributed by atoms with van der Waals surface area (Å²) < 4.78 is 5.51. The first-order valence-corrected chi connectivity index (χ1v) is 9.61. The van der Waals surface area contributed by atoms with E-state index in [2.05, 4.69) is 37.4 Å². The van der Waals surface area contributed by atoms with Gasteiger partial charge in [-0.1, -0.05) is 18.2 Å². The summed E-state index contributed by atoms with van der Waals surface area (Å²) in [5.74, 6) is 0.328. The van der Waals surface area contributed by atoms with Crippen LogP contribution in [0.4, 0.5) is 5.69 Å². The largest absolute Gasteiger partial charge is 0.458 e. The summed E-state index contributed by atoms with van der Waals surface area (Å²) >= 11 is 1.66. The van der Waals surface area contributed by atoms with Gasteiger partial charge >= 0.3 is 5.97 Å². The molecule has 0 heterocycles. The lowest BCUT2D eigenvalue weighted by Crippen LogP contribution is -2.10. The highest BCUT2D eigenvalue weighted by molar-refractivity contribution is 7.99. The van der Waals surface area contributed by atoms with Gasteiger partial charge in [0.1, 0.15) is 6.10 Å². The molecule has 4 nitrogen and oxygen atoms in total. The van der Waals surface area contributed by atoms with Gasteiger partial charge in [0.2, 0.25) is 5.91 Å². The molecule has 0 fully saturated rings. The fourth-order valence-electron chi connectivity index (χ4n) is 2.45. The molecule has 1 atom stereocenters. The molecule has 0 aliphatic rings. The van der Waals surface area contributed by atoms with E-state index in [-0.39, 0.29) is 18.0 Å². The second-order valence-electron chi connectivity index (χ2n) is 6.28. The van der Waals surface area contributed by atoms with E-state index >= 15 is 0 Å². The summed E-state index contributed by atoms with van der Waals surface area (Å²) in [6, 6.07) is 13.7. The number of hydrogen-bond acceptors (Lipinski definition) is 4. The third-order valence-corrected chi connectivity index (χ3v) is 5.03. The number of hydrogen-bond donors (Lipinski definition) is 1. The van der Waals surface area contributed by atoms with Crippen molar-refractivity contribution < 1.29 is 14.3 Å². The molecule has 2 aromatic rings. The minimum Gasteiger partial charge on any atom is -0.458 e. The van der Waals surface area contributed by atoms with Crippen LogP contribution < -0.4 is 5.32 Å². The van der Waals surface area contributed by atoms with Gasteiger partial charge in [-0.3, -0.25) is 9.59 Å². The predicted octanol–water partition coefficient (Wildman–Crippen LogP) is 5.05. The number of nitrogens with one attached hydrogen (secondary N) is 1. The Hall–Kier alpha value is -2.27. The highest BCUT2D eigenvalue weighted by Gasteiger charge is 2.12. The van der Waals surface area contributed by atoms with Crippen LogP contribution in [-0.4, -0.2) is 17.6 Å². The Morgan fingerprint density at radius 1 is 1.12 bits per heavy atom. The van der Waals surface area contributed by atoms with Crippen molar-refractivity contribution in [3.05, 3.63) is 59.2 Å². The molecule has 0 saturated carbocycles. The van der Waals surface area contributed by atoms with Crippen LogP contribution in [0.5, 0.6) is 0 Å². The topological polar surface area (TPSA) is 55.4 Å². The lowest BCUT2D eigenvalue weighted by molar-refractivity contribution is -0.148. The molecule has 1 N–H and O–H groups in total. The molecular formula is C21H25NO3S. The Balaban J connectivity index is 1.83. The fraction of sp³-hybridized carbons (Fsp3) is 0.333. The average Bonchev–Trinajstić information content (AvgIpc) is 2.57. The monoisotopic (exact) mass is 371 g/mol. The lowest BCUT2D eigenvalue weighted by atomic mass is 10.1. The molecule has 1 amide bonds. The molecule has 2 rings (SSSR count). The first kappa shape index (κ1) is 20.0. The molecule has 0 unspecified atom stereocenters. The molecule has 0 spiro atoms. The van der Waals surface area contributed by atoms with Gasteiger partial charge in [0.25, 0.3) is 0 Å². The number of carbonyl (C=O) groups excluding carboxylic acids is 2. The van der Waals surface area contributed by atoms with Crippen LogP contribution in [0.15, 0.2) is 47.4 Å². The number of thioether (sulfide) groups is 1. The molecule has 26 heavy (non-hydrogen) atoms. The standard InChI is InChI=1S/C21H25NO3S/c1-14-8-9-20(12-15(14)2)26-11-10-21(24)25-16(3)18-6-5-7-19(13-18)22-17(4)23/h5-9,12-13,16H,10-11H2,1-4H3,(H,22,23)/t16-/m1/s1. The number of rotatable bonds is 7. The number of carbonyl (C=O) groups is 2. The van der Waals surface area contributed by atoms with E-state index in [0.717, 1.165) is 10.5 Å². The molecule has 0 bridgehead atoms. The molecule has 0 aromatic heterocycles. The van der Waals surface area contributed by atoms with Crippen molar-refractivity contribution in [1.29, 1.82) is 0 Å². The van der Waals surface area contributed by atoms with Crippen LogP contribution in [-0.2, 0) is 14.3 Å². The van der Waals surface area contributed by atoms with Crippen LogP contribution in [0.2, 0.25) is 0 Å². The minimum atomic E-state index is -0.358. The van der Waals surface area contributed by atoms with Gasteiger partial charge in [0.15, 0.2) is 0 Å². The summed E-state index contributed by atoms with van der Waals surface area (Å²) in [6.07, 6.45) is -0.00401. The Morgan fingerprint density at radius 3 is 2.58 bits per heavy atom. The zero-order valence-electron chi connectivity index (χ0n) is 15.7. The van der Waals surface area contributed by atoms with E-state index in [1.807, 2.05) is 25.1 Å². The lowest BCUT2D eigenvalue weighted by Gasteiger charge is -2.15. The summed E-state index contributed by atoms with van der Waals surface area (Å²) in [6.45, 7) is 7.47. The molecule has 2 aromatic carbocycles. The Morgan fingerprint density at radius 2 is 1.88 bits per heavy atom. The number of benzene rings is 2. The molecule has 0 radical (unpaired) electrons. The first-order chi connectivity index (χ1) is 12.3. The van der Waals surface area contributed by atoms with Crippen LogP contribution >= 0.6 is 11.8 Å². The molecule has 0 aliphatic heterocycles. The van der Waals surface area contributed by atoms with Gasteiger partial charge in [-0.25, -0.2) is 0 Å². The van der Waals surface area contributed by atoms with Crippen molar-refractivity contribution in [3.63, 3.8) is 0 Å². The van der Waals surface area contributed by atoms with E-state index in [9.17, 15) is 9.59 Å². The van der Waals surface area contributed by atoms with E-state index in [1.165, 1.54) is 18.1 Å². The summed E-state index contributed by atoms with van der Waals surface area (Å²) in [7, 11) is 0. The summed E-state index contributed by atoms with van der Waals surface area (Å²) in [5.41, 5.74) is 4.07. The van der Waals surface area contributed by atoms with Crippen LogP contribution in [0.25, 0.3) is 0 Å². The van der Waals surface area contributed by atoms with Crippen molar-refractivity contribution in [1.82, 2.24) is 0 Å². The minimum absolute atomic E-state index is 0.129. The van der Waals surface area contributed by atoms with Gasteiger partial charge in [-0.15, -0.1) is 11.8 Å². The maximum atomic E-state index is 12.1. The number of ether oxygens (including phenoxy) is 1. The average molecular weight is 372 g/mol. The second kappa shape index (κ2) is 9.43. The Kier molecular flexibility index (Phi) is 7.27. The number of aryl methyl sites for hydroxylation is 2. The SMILES string of the molecule is CC(=O)Nc1cccc([C@@H](C)OC(=O)CCSc2ccc(C)c(C)c2)c1. The van der Waals surface area contributed by atoms with Gasteiger partial charge in [0.05, 0.1) is 6.42 Å².